The number of aromatic carboxylic acids is 1. The lowest BCUT2D eigenvalue weighted by molar-refractivity contribution is 0.0697. The van der Waals surface area contributed by atoms with Crippen LogP contribution in [0.3, 0.4) is 0 Å². The minimum absolute atomic E-state index is 0.308. The van der Waals surface area contributed by atoms with E-state index < -0.39 is 5.97 Å². The fourth-order valence-corrected chi connectivity index (χ4v) is 2.80. The van der Waals surface area contributed by atoms with E-state index in [9.17, 15) is 9.90 Å². The number of pyridine rings is 1. The van der Waals surface area contributed by atoms with Crippen LogP contribution in [0.25, 0.3) is 11.1 Å². The van der Waals surface area contributed by atoms with Crippen molar-refractivity contribution in [1.82, 2.24) is 4.98 Å². The van der Waals surface area contributed by atoms with Crippen molar-refractivity contribution in [3.8, 4) is 11.1 Å². The van der Waals surface area contributed by atoms with E-state index in [4.69, 9.17) is 0 Å². The molecule has 0 radical (unpaired) electrons. The molecule has 0 fully saturated rings. The minimum Gasteiger partial charge on any atom is -0.478 e. The highest BCUT2D eigenvalue weighted by Crippen LogP contribution is 2.36. The first-order chi connectivity index (χ1) is 11.6. The van der Waals surface area contributed by atoms with Crippen molar-refractivity contribution in [3.05, 3.63) is 60.6 Å². The van der Waals surface area contributed by atoms with Crippen molar-refractivity contribution < 1.29 is 9.90 Å². The molecule has 4 nitrogen and oxygen atoms in total. The molecule has 0 unspecified atom stereocenters. The van der Waals surface area contributed by atoms with Gasteiger partial charge in [-0.05, 0) is 54.4 Å². The Morgan fingerprint density at radius 1 is 1.29 bits per heavy atom. The zero-order valence-corrected chi connectivity index (χ0v) is 14.3. The maximum absolute atomic E-state index is 11.5. The third kappa shape index (κ3) is 3.82. The number of aryl methyl sites for hydroxylation is 1. The Hall–Kier alpha value is -2.62. The second kappa shape index (κ2) is 8.29. The maximum Gasteiger partial charge on any atom is 0.335 e. The van der Waals surface area contributed by atoms with E-state index in [1.165, 1.54) is 0 Å². The van der Waals surface area contributed by atoms with Gasteiger partial charge in [0.05, 0.1) is 5.56 Å². The molecule has 24 heavy (non-hydrogen) atoms. The van der Waals surface area contributed by atoms with Crippen molar-refractivity contribution in [3.63, 3.8) is 0 Å². The van der Waals surface area contributed by atoms with Gasteiger partial charge in [0.15, 0.2) is 0 Å². The lowest BCUT2D eigenvalue weighted by Crippen LogP contribution is -2.19. The van der Waals surface area contributed by atoms with E-state index in [0.717, 1.165) is 48.2 Å². The SMILES string of the molecule is C=CN(CCCC)c1cc(C(=O)O)cc(CC)c1-c1ccncc1. The predicted molar refractivity (Wildman–Crippen MR) is 98.5 cm³/mol. The molecule has 0 bridgehead atoms. The van der Waals surface area contributed by atoms with Crippen LogP contribution in [0.1, 0.15) is 42.6 Å². The van der Waals surface area contributed by atoms with Crippen LogP contribution in [-0.4, -0.2) is 22.6 Å². The number of carboxylic acids is 1. The summed E-state index contributed by atoms with van der Waals surface area (Å²) in [5.74, 6) is -0.910. The Bertz CT molecular complexity index is 711. The van der Waals surface area contributed by atoms with Crippen molar-refractivity contribution in [2.24, 2.45) is 0 Å². The summed E-state index contributed by atoms with van der Waals surface area (Å²) in [4.78, 5) is 17.7. The number of hydrogen-bond acceptors (Lipinski definition) is 3. The first-order valence-corrected chi connectivity index (χ1v) is 8.32. The normalized spacial score (nSPS) is 10.4. The number of carboxylic acid groups (broad SMARTS) is 1. The summed E-state index contributed by atoms with van der Waals surface area (Å²) in [6.07, 6.45) is 8.13. The molecule has 2 rings (SSSR count). The highest BCUT2D eigenvalue weighted by molar-refractivity contribution is 5.93. The second-order valence-corrected chi connectivity index (χ2v) is 5.65. The summed E-state index contributed by atoms with van der Waals surface area (Å²) in [5.41, 5.74) is 4.31. The number of benzene rings is 1. The van der Waals surface area contributed by atoms with Crippen molar-refractivity contribution in [1.29, 1.82) is 0 Å². The number of hydrogen-bond donors (Lipinski definition) is 1. The lowest BCUT2D eigenvalue weighted by Gasteiger charge is -2.25. The van der Waals surface area contributed by atoms with Gasteiger partial charge in [-0.15, -0.1) is 0 Å². The Kier molecular flexibility index (Phi) is 6.13. The molecule has 1 heterocycles. The summed E-state index contributed by atoms with van der Waals surface area (Å²) in [7, 11) is 0. The van der Waals surface area contributed by atoms with Crippen molar-refractivity contribution in [2.75, 3.05) is 11.4 Å². The Morgan fingerprint density at radius 2 is 2.00 bits per heavy atom. The molecule has 0 spiro atoms. The van der Waals surface area contributed by atoms with Crippen LogP contribution in [0, 0.1) is 0 Å². The van der Waals surface area contributed by atoms with Gasteiger partial charge < -0.3 is 10.0 Å². The van der Waals surface area contributed by atoms with Gasteiger partial charge in [0.1, 0.15) is 0 Å². The first-order valence-electron chi connectivity index (χ1n) is 8.32. The van der Waals surface area contributed by atoms with Crippen molar-refractivity contribution >= 4 is 11.7 Å². The van der Waals surface area contributed by atoms with Gasteiger partial charge in [0, 0.05) is 30.2 Å². The third-order valence-corrected chi connectivity index (χ3v) is 4.08. The van der Waals surface area contributed by atoms with E-state index in [-0.39, 0.29) is 0 Å². The topological polar surface area (TPSA) is 53.4 Å². The second-order valence-electron chi connectivity index (χ2n) is 5.65. The fraction of sp³-hybridized carbons (Fsp3) is 0.300. The van der Waals surface area contributed by atoms with Crippen LogP contribution in [-0.2, 0) is 6.42 Å². The molecule has 0 amide bonds. The zero-order valence-electron chi connectivity index (χ0n) is 14.3. The molecule has 4 heteroatoms. The molecule has 126 valence electrons. The quantitative estimate of drug-likeness (QED) is 0.760. The fourth-order valence-electron chi connectivity index (χ4n) is 2.80. The highest BCUT2D eigenvalue weighted by Gasteiger charge is 2.18. The largest absolute Gasteiger partial charge is 0.478 e. The smallest absolute Gasteiger partial charge is 0.335 e. The first kappa shape index (κ1) is 17.7. The number of anilines is 1. The molecule has 2 aromatic rings. The van der Waals surface area contributed by atoms with E-state index in [1.54, 1.807) is 30.7 Å². The lowest BCUT2D eigenvalue weighted by atomic mass is 9.93. The predicted octanol–water partition coefficient (Wildman–Crippen LogP) is 4.76. The van der Waals surface area contributed by atoms with Crippen LogP contribution >= 0.6 is 0 Å². The van der Waals surface area contributed by atoms with Gasteiger partial charge >= 0.3 is 5.97 Å². The van der Waals surface area contributed by atoms with Crippen LogP contribution in [0.5, 0.6) is 0 Å². The minimum atomic E-state index is -0.910. The summed E-state index contributed by atoms with van der Waals surface area (Å²) in [6, 6.07) is 7.43. The molecule has 0 atom stereocenters. The van der Waals surface area contributed by atoms with E-state index >= 15 is 0 Å². The number of unbranched alkanes of at least 4 members (excludes halogenated alkanes) is 1. The van der Waals surface area contributed by atoms with E-state index in [0.29, 0.717) is 5.56 Å². The standard InChI is InChI=1S/C20H24N2O2/c1-4-7-12-22(6-3)18-14-17(20(23)24)13-15(5-2)19(18)16-8-10-21-11-9-16/h6,8-11,13-14H,3-5,7,12H2,1-2H3,(H,23,24). The van der Waals surface area contributed by atoms with Crippen LogP contribution in [0.4, 0.5) is 5.69 Å². The Balaban J connectivity index is 2.69. The summed E-state index contributed by atoms with van der Waals surface area (Å²) in [5, 5.41) is 9.47. The van der Waals surface area contributed by atoms with Gasteiger partial charge in [-0.25, -0.2) is 4.79 Å². The van der Waals surface area contributed by atoms with E-state index in [2.05, 4.69) is 18.5 Å². The number of carbonyl (C=O) groups is 1. The molecule has 0 aliphatic carbocycles. The van der Waals surface area contributed by atoms with Crippen molar-refractivity contribution in [2.45, 2.75) is 33.1 Å². The molecule has 1 aromatic carbocycles. The van der Waals surface area contributed by atoms with Crippen LogP contribution < -0.4 is 4.90 Å². The van der Waals surface area contributed by atoms with Gasteiger partial charge in [-0.1, -0.05) is 26.8 Å². The van der Waals surface area contributed by atoms with E-state index in [1.807, 2.05) is 24.0 Å². The van der Waals surface area contributed by atoms with Gasteiger partial charge in [-0.2, -0.15) is 0 Å². The van der Waals surface area contributed by atoms with Crippen LogP contribution in [0.15, 0.2) is 49.4 Å². The van der Waals surface area contributed by atoms with Crippen LogP contribution in [0.2, 0.25) is 0 Å². The molecule has 1 N–H and O–H groups in total. The molecule has 0 aliphatic heterocycles. The highest BCUT2D eigenvalue weighted by atomic mass is 16.4. The average molecular weight is 324 g/mol. The van der Waals surface area contributed by atoms with Gasteiger partial charge in [-0.3, -0.25) is 4.98 Å². The van der Waals surface area contributed by atoms with Gasteiger partial charge in [0.2, 0.25) is 0 Å². The number of aromatic nitrogens is 1. The monoisotopic (exact) mass is 324 g/mol. The summed E-state index contributed by atoms with van der Waals surface area (Å²) >= 11 is 0. The molecule has 0 saturated carbocycles. The van der Waals surface area contributed by atoms with Gasteiger partial charge in [0.25, 0.3) is 0 Å². The maximum atomic E-state index is 11.5. The zero-order chi connectivity index (χ0) is 17.5. The molecular formula is C20H24N2O2. The Morgan fingerprint density at radius 3 is 2.54 bits per heavy atom. The molecule has 0 saturated heterocycles. The summed E-state index contributed by atoms with van der Waals surface area (Å²) in [6.45, 7) is 8.91. The summed E-state index contributed by atoms with van der Waals surface area (Å²) < 4.78 is 0. The Labute approximate surface area is 143 Å². The molecule has 0 aliphatic rings. The third-order valence-electron chi connectivity index (χ3n) is 4.08. The number of nitrogens with zero attached hydrogens (tertiary/aromatic N) is 2. The molecule has 1 aromatic heterocycles. The molecular weight excluding hydrogens is 300 g/mol. The average Bonchev–Trinajstić information content (AvgIpc) is 2.62. The number of rotatable bonds is 8.